The Bertz CT molecular complexity index is 233. The highest BCUT2D eigenvalue weighted by molar-refractivity contribution is 5.02. The maximum Gasteiger partial charge on any atom is 0.0619 e. The first-order chi connectivity index (χ1) is 7.38. The summed E-state index contributed by atoms with van der Waals surface area (Å²) in [7, 11) is 0. The highest BCUT2D eigenvalue weighted by Gasteiger charge is 2.19. The van der Waals surface area contributed by atoms with Crippen LogP contribution in [-0.4, -0.2) is 49.3 Å². The first-order valence-electron chi connectivity index (χ1n) is 6.12. The predicted molar refractivity (Wildman–Crippen MR) is 68.7 cm³/mol. The molecule has 0 bridgehead atoms. The van der Waals surface area contributed by atoms with Crippen LogP contribution in [0.1, 0.15) is 27.7 Å². The third kappa shape index (κ3) is 5.10. The van der Waals surface area contributed by atoms with Gasteiger partial charge in [0.05, 0.1) is 13.2 Å². The van der Waals surface area contributed by atoms with Crippen LogP contribution in [-0.2, 0) is 4.74 Å². The molecule has 1 rings (SSSR count). The SMILES string of the molecule is C=C(CNC(C)(C)C)CN1CCOCC1C. The Labute approximate surface area is 99.8 Å². The molecule has 94 valence electrons. The van der Waals surface area contributed by atoms with Crippen molar-refractivity contribution in [1.82, 2.24) is 10.2 Å². The van der Waals surface area contributed by atoms with E-state index in [4.69, 9.17) is 4.74 Å². The minimum Gasteiger partial charge on any atom is -0.379 e. The summed E-state index contributed by atoms with van der Waals surface area (Å²) in [6.45, 7) is 17.5. The van der Waals surface area contributed by atoms with E-state index >= 15 is 0 Å². The molecule has 1 fully saturated rings. The quantitative estimate of drug-likeness (QED) is 0.738. The molecule has 3 heteroatoms. The molecule has 1 unspecified atom stereocenters. The number of hydrogen-bond acceptors (Lipinski definition) is 3. The molecule has 1 N–H and O–H groups in total. The van der Waals surface area contributed by atoms with Gasteiger partial charge in [0.15, 0.2) is 0 Å². The van der Waals surface area contributed by atoms with Gasteiger partial charge in [-0.05, 0) is 33.3 Å². The van der Waals surface area contributed by atoms with Gasteiger partial charge in [0.1, 0.15) is 0 Å². The highest BCUT2D eigenvalue weighted by Crippen LogP contribution is 2.08. The number of morpholine rings is 1. The number of ether oxygens (including phenoxy) is 1. The molecule has 1 aliphatic heterocycles. The van der Waals surface area contributed by atoms with Gasteiger partial charge in [-0.3, -0.25) is 4.90 Å². The molecular weight excluding hydrogens is 200 g/mol. The number of rotatable bonds is 4. The topological polar surface area (TPSA) is 24.5 Å². The van der Waals surface area contributed by atoms with Gasteiger partial charge in [0.2, 0.25) is 0 Å². The predicted octanol–water partition coefficient (Wildman–Crippen LogP) is 1.65. The Morgan fingerprint density at radius 1 is 1.50 bits per heavy atom. The zero-order chi connectivity index (χ0) is 12.2. The van der Waals surface area contributed by atoms with E-state index in [9.17, 15) is 0 Å². The van der Waals surface area contributed by atoms with Crippen LogP contribution in [0.2, 0.25) is 0 Å². The minimum absolute atomic E-state index is 0.166. The molecule has 1 saturated heterocycles. The lowest BCUT2D eigenvalue weighted by atomic mass is 10.1. The van der Waals surface area contributed by atoms with Crippen LogP contribution in [0.5, 0.6) is 0 Å². The molecule has 0 spiro atoms. The Hall–Kier alpha value is -0.380. The van der Waals surface area contributed by atoms with Gasteiger partial charge in [-0.25, -0.2) is 0 Å². The van der Waals surface area contributed by atoms with Crippen molar-refractivity contribution in [1.29, 1.82) is 0 Å². The van der Waals surface area contributed by atoms with Gasteiger partial charge in [-0.1, -0.05) is 6.58 Å². The zero-order valence-corrected chi connectivity index (χ0v) is 11.2. The van der Waals surface area contributed by atoms with Crippen LogP contribution in [0.3, 0.4) is 0 Å². The molecule has 0 aromatic carbocycles. The fourth-order valence-electron chi connectivity index (χ4n) is 1.73. The van der Waals surface area contributed by atoms with Crippen molar-refractivity contribution in [2.75, 3.05) is 32.8 Å². The standard InChI is InChI=1S/C13H26N2O/c1-11(8-14-13(3,4)5)9-15-6-7-16-10-12(15)2/h12,14H,1,6-10H2,2-5H3. The first-order valence-corrected chi connectivity index (χ1v) is 6.12. The molecule has 0 aromatic heterocycles. The monoisotopic (exact) mass is 226 g/mol. The number of hydrogen-bond donors (Lipinski definition) is 1. The van der Waals surface area contributed by atoms with E-state index in [1.54, 1.807) is 0 Å². The molecule has 0 saturated carbocycles. The zero-order valence-electron chi connectivity index (χ0n) is 11.2. The highest BCUT2D eigenvalue weighted by atomic mass is 16.5. The molecule has 1 heterocycles. The first kappa shape index (κ1) is 13.7. The van der Waals surface area contributed by atoms with Crippen LogP contribution >= 0.6 is 0 Å². The summed E-state index contributed by atoms with van der Waals surface area (Å²) >= 11 is 0. The van der Waals surface area contributed by atoms with Crippen molar-refractivity contribution in [3.05, 3.63) is 12.2 Å². The van der Waals surface area contributed by atoms with Gasteiger partial charge in [-0.15, -0.1) is 0 Å². The maximum absolute atomic E-state index is 5.42. The lowest BCUT2D eigenvalue weighted by molar-refractivity contribution is 0.00414. The van der Waals surface area contributed by atoms with Gasteiger partial charge in [-0.2, -0.15) is 0 Å². The minimum atomic E-state index is 0.166. The molecule has 0 radical (unpaired) electrons. The molecule has 0 aliphatic carbocycles. The Kier molecular flexibility index (Phi) is 4.96. The molecule has 3 nitrogen and oxygen atoms in total. The summed E-state index contributed by atoms with van der Waals surface area (Å²) < 4.78 is 5.42. The van der Waals surface area contributed by atoms with E-state index < -0.39 is 0 Å². The van der Waals surface area contributed by atoms with Gasteiger partial charge < -0.3 is 10.1 Å². The molecule has 16 heavy (non-hydrogen) atoms. The van der Waals surface area contributed by atoms with Crippen LogP contribution in [0.25, 0.3) is 0 Å². The lowest BCUT2D eigenvalue weighted by Gasteiger charge is -2.34. The van der Waals surface area contributed by atoms with E-state index in [1.165, 1.54) is 5.57 Å². The second-order valence-corrected chi connectivity index (χ2v) is 5.75. The number of nitrogens with one attached hydrogen (secondary N) is 1. The van der Waals surface area contributed by atoms with Crippen LogP contribution in [0, 0.1) is 0 Å². The molecule has 0 aromatic rings. The van der Waals surface area contributed by atoms with E-state index in [-0.39, 0.29) is 5.54 Å². The van der Waals surface area contributed by atoms with E-state index in [0.717, 1.165) is 32.8 Å². The van der Waals surface area contributed by atoms with Crippen molar-refractivity contribution >= 4 is 0 Å². The Balaban J connectivity index is 2.28. The van der Waals surface area contributed by atoms with Crippen LogP contribution in [0.15, 0.2) is 12.2 Å². The summed E-state index contributed by atoms with van der Waals surface area (Å²) in [5.74, 6) is 0. The Morgan fingerprint density at radius 3 is 2.75 bits per heavy atom. The summed E-state index contributed by atoms with van der Waals surface area (Å²) in [4.78, 5) is 2.44. The largest absolute Gasteiger partial charge is 0.379 e. The van der Waals surface area contributed by atoms with E-state index in [1.807, 2.05) is 0 Å². The van der Waals surface area contributed by atoms with Crippen molar-refractivity contribution < 1.29 is 4.74 Å². The average Bonchev–Trinajstić information content (AvgIpc) is 2.18. The van der Waals surface area contributed by atoms with Gasteiger partial charge in [0.25, 0.3) is 0 Å². The van der Waals surface area contributed by atoms with E-state index in [0.29, 0.717) is 6.04 Å². The van der Waals surface area contributed by atoms with Gasteiger partial charge in [0, 0.05) is 31.2 Å². The van der Waals surface area contributed by atoms with Crippen molar-refractivity contribution in [3.8, 4) is 0 Å². The Morgan fingerprint density at radius 2 is 2.19 bits per heavy atom. The maximum atomic E-state index is 5.42. The fraction of sp³-hybridized carbons (Fsp3) is 0.846. The van der Waals surface area contributed by atoms with Crippen LogP contribution < -0.4 is 5.32 Å². The second kappa shape index (κ2) is 5.80. The normalized spacial score (nSPS) is 23.4. The smallest absolute Gasteiger partial charge is 0.0619 e. The summed E-state index contributed by atoms with van der Waals surface area (Å²) in [6, 6.07) is 0.514. The van der Waals surface area contributed by atoms with Crippen molar-refractivity contribution in [2.45, 2.75) is 39.3 Å². The van der Waals surface area contributed by atoms with Crippen molar-refractivity contribution in [2.24, 2.45) is 0 Å². The molecule has 1 atom stereocenters. The summed E-state index contributed by atoms with van der Waals surface area (Å²) in [5.41, 5.74) is 1.42. The summed E-state index contributed by atoms with van der Waals surface area (Å²) in [5, 5.41) is 3.47. The van der Waals surface area contributed by atoms with Gasteiger partial charge >= 0.3 is 0 Å². The second-order valence-electron chi connectivity index (χ2n) is 5.75. The van der Waals surface area contributed by atoms with Crippen LogP contribution in [0.4, 0.5) is 0 Å². The molecule has 0 amide bonds. The number of nitrogens with zero attached hydrogens (tertiary/aromatic N) is 1. The lowest BCUT2D eigenvalue weighted by Crippen LogP contribution is -2.46. The molecule has 1 aliphatic rings. The van der Waals surface area contributed by atoms with E-state index in [2.05, 4.69) is 44.5 Å². The molecular formula is C13H26N2O. The summed E-state index contributed by atoms with van der Waals surface area (Å²) in [6.07, 6.45) is 0. The fourth-order valence-corrected chi connectivity index (χ4v) is 1.73. The third-order valence-electron chi connectivity index (χ3n) is 2.80. The average molecular weight is 226 g/mol. The third-order valence-corrected chi connectivity index (χ3v) is 2.80. The van der Waals surface area contributed by atoms with Crippen molar-refractivity contribution in [3.63, 3.8) is 0 Å².